The first-order chi connectivity index (χ1) is 8.00. The highest BCUT2D eigenvalue weighted by Gasteiger charge is 2.34. The van der Waals surface area contributed by atoms with Gasteiger partial charge in [-0.15, -0.1) is 0 Å². The molecule has 1 aromatic rings. The van der Waals surface area contributed by atoms with Gasteiger partial charge >= 0.3 is 0 Å². The van der Waals surface area contributed by atoms with Gasteiger partial charge in [-0.05, 0) is 37.5 Å². The van der Waals surface area contributed by atoms with E-state index in [-0.39, 0.29) is 5.92 Å². The number of ether oxygens (including phenoxy) is 1. The Labute approximate surface area is 99.8 Å². The van der Waals surface area contributed by atoms with Crippen LogP contribution in [0.1, 0.15) is 25.3 Å². The Bertz CT molecular complexity index is 380. The van der Waals surface area contributed by atoms with Crippen LogP contribution in [0.15, 0.2) is 18.2 Å². The summed E-state index contributed by atoms with van der Waals surface area (Å²) in [6.07, 6.45) is 1.86. The van der Waals surface area contributed by atoms with Gasteiger partial charge in [-0.2, -0.15) is 0 Å². The number of nitrogens with two attached hydrogens (primary N) is 1. The van der Waals surface area contributed by atoms with Crippen molar-refractivity contribution in [2.24, 2.45) is 11.7 Å². The molecule has 0 radical (unpaired) electrons. The zero-order valence-electron chi connectivity index (χ0n) is 9.88. The van der Waals surface area contributed by atoms with E-state index in [1.807, 2.05) is 0 Å². The van der Waals surface area contributed by atoms with Gasteiger partial charge in [0.25, 0.3) is 0 Å². The average Bonchev–Trinajstić information content (AvgIpc) is 2.29. The normalized spacial score (nSPS) is 24.4. The van der Waals surface area contributed by atoms with Gasteiger partial charge in [-0.3, -0.25) is 0 Å². The minimum atomic E-state index is -0.761. The molecule has 0 saturated carbocycles. The first kappa shape index (κ1) is 12.5. The lowest BCUT2D eigenvalue weighted by Crippen LogP contribution is -2.45. The molecule has 1 aliphatic rings. The fourth-order valence-corrected chi connectivity index (χ4v) is 2.31. The Morgan fingerprint density at radius 3 is 2.47 bits per heavy atom. The molecule has 94 valence electrons. The lowest BCUT2D eigenvalue weighted by molar-refractivity contribution is 0.0242. The van der Waals surface area contributed by atoms with Gasteiger partial charge in [0.05, 0.1) is 6.61 Å². The van der Waals surface area contributed by atoms with Gasteiger partial charge in [0, 0.05) is 24.1 Å². The Hall–Kier alpha value is -1.00. The molecule has 4 heteroatoms. The molecule has 0 amide bonds. The van der Waals surface area contributed by atoms with Crippen LogP contribution in [0.2, 0.25) is 0 Å². The average molecular weight is 241 g/mol. The largest absolute Gasteiger partial charge is 0.381 e. The van der Waals surface area contributed by atoms with E-state index in [1.54, 1.807) is 6.92 Å². The summed E-state index contributed by atoms with van der Waals surface area (Å²) in [5.41, 5.74) is 5.97. The standard InChI is InChI=1S/C13H17F2NO/c1-13(16,9-3-2-4-17-8-9)10-5-11(14)7-12(15)6-10/h5-7,9H,2-4,8,16H2,1H3. The molecule has 2 rings (SSSR count). The topological polar surface area (TPSA) is 35.2 Å². The summed E-state index contributed by atoms with van der Waals surface area (Å²) in [7, 11) is 0. The molecule has 2 nitrogen and oxygen atoms in total. The summed E-state index contributed by atoms with van der Waals surface area (Å²) in [5.74, 6) is -1.08. The Morgan fingerprint density at radius 1 is 1.29 bits per heavy atom. The van der Waals surface area contributed by atoms with Gasteiger partial charge < -0.3 is 10.5 Å². The van der Waals surface area contributed by atoms with Crippen LogP contribution in [0.25, 0.3) is 0 Å². The van der Waals surface area contributed by atoms with Crippen LogP contribution in [0.3, 0.4) is 0 Å². The number of rotatable bonds is 2. The summed E-state index contributed by atoms with van der Waals surface area (Å²) >= 11 is 0. The van der Waals surface area contributed by atoms with Crippen molar-refractivity contribution in [2.45, 2.75) is 25.3 Å². The highest BCUT2D eigenvalue weighted by molar-refractivity contribution is 5.26. The smallest absolute Gasteiger partial charge is 0.126 e. The SMILES string of the molecule is CC(N)(c1cc(F)cc(F)c1)C1CCCOC1. The zero-order valence-corrected chi connectivity index (χ0v) is 9.88. The fraction of sp³-hybridized carbons (Fsp3) is 0.538. The van der Waals surface area contributed by atoms with E-state index in [0.29, 0.717) is 12.2 Å². The maximum atomic E-state index is 13.2. The summed E-state index contributed by atoms with van der Waals surface area (Å²) < 4.78 is 31.8. The summed E-state index contributed by atoms with van der Waals surface area (Å²) in [6.45, 7) is 3.09. The van der Waals surface area contributed by atoms with Crippen molar-refractivity contribution >= 4 is 0 Å². The third-order valence-electron chi connectivity index (χ3n) is 3.49. The van der Waals surface area contributed by atoms with Crippen molar-refractivity contribution in [2.75, 3.05) is 13.2 Å². The van der Waals surface area contributed by atoms with E-state index in [9.17, 15) is 8.78 Å². The molecule has 0 aliphatic carbocycles. The van der Waals surface area contributed by atoms with Crippen LogP contribution in [-0.4, -0.2) is 13.2 Å². The molecule has 0 aromatic heterocycles. The van der Waals surface area contributed by atoms with Gasteiger partial charge in [-0.1, -0.05) is 0 Å². The van der Waals surface area contributed by atoms with Gasteiger partial charge in [0.15, 0.2) is 0 Å². The van der Waals surface area contributed by atoms with Crippen molar-refractivity contribution in [3.63, 3.8) is 0 Å². The Balaban J connectivity index is 2.29. The van der Waals surface area contributed by atoms with E-state index in [4.69, 9.17) is 10.5 Å². The van der Waals surface area contributed by atoms with Crippen molar-refractivity contribution in [1.29, 1.82) is 0 Å². The molecule has 2 atom stereocenters. The van der Waals surface area contributed by atoms with E-state index in [1.165, 1.54) is 12.1 Å². The Kier molecular flexibility index (Phi) is 3.45. The molecule has 2 unspecified atom stereocenters. The molecule has 1 saturated heterocycles. The lowest BCUT2D eigenvalue weighted by Gasteiger charge is -2.37. The van der Waals surface area contributed by atoms with E-state index in [0.717, 1.165) is 25.5 Å². The molecular formula is C13H17F2NO. The molecule has 0 spiro atoms. The minimum absolute atomic E-state index is 0.0949. The van der Waals surface area contributed by atoms with E-state index in [2.05, 4.69) is 0 Å². The second-order valence-corrected chi connectivity index (χ2v) is 4.85. The highest BCUT2D eigenvalue weighted by Crippen LogP contribution is 2.33. The third-order valence-corrected chi connectivity index (χ3v) is 3.49. The first-order valence-corrected chi connectivity index (χ1v) is 5.83. The summed E-state index contributed by atoms with van der Waals surface area (Å²) in [6, 6.07) is 3.46. The number of hydrogen-bond acceptors (Lipinski definition) is 2. The highest BCUT2D eigenvalue weighted by atomic mass is 19.1. The van der Waals surface area contributed by atoms with Gasteiger partial charge in [0.1, 0.15) is 11.6 Å². The van der Waals surface area contributed by atoms with Crippen LogP contribution in [0.5, 0.6) is 0 Å². The molecule has 1 fully saturated rings. The molecule has 1 aliphatic heterocycles. The molecule has 2 N–H and O–H groups in total. The number of halogens is 2. The van der Waals surface area contributed by atoms with E-state index >= 15 is 0 Å². The number of benzene rings is 1. The quantitative estimate of drug-likeness (QED) is 0.863. The van der Waals surface area contributed by atoms with Crippen LogP contribution in [-0.2, 0) is 10.3 Å². The minimum Gasteiger partial charge on any atom is -0.381 e. The predicted octanol–water partition coefficient (Wildman–Crippen LogP) is 2.57. The predicted molar refractivity (Wildman–Crippen MR) is 61.4 cm³/mol. The number of hydrogen-bond donors (Lipinski definition) is 1. The monoisotopic (exact) mass is 241 g/mol. The second kappa shape index (κ2) is 4.70. The lowest BCUT2D eigenvalue weighted by atomic mass is 9.77. The van der Waals surface area contributed by atoms with Gasteiger partial charge in [-0.25, -0.2) is 8.78 Å². The van der Waals surface area contributed by atoms with Crippen LogP contribution in [0, 0.1) is 17.6 Å². The van der Waals surface area contributed by atoms with Crippen molar-refractivity contribution in [3.8, 4) is 0 Å². The first-order valence-electron chi connectivity index (χ1n) is 5.83. The fourth-order valence-electron chi connectivity index (χ4n) is 2.31. The maximum Gasteiger partial charge on any atom is 0.126 e. The zero-order chi connectivity index (χ0) is 12.5. The molecule has 1 heterocycles. The van der Waals surface area contributed by atoms with Crippen LogP contribution < -0.4 is 5.73 Å². The van der Waals surface area contributed by atoms with Crippen LogP contribution in [0.4, 0.5) is 8.78 Å². The van der Waals surface area contributed by atoms with Crippen molar-refractivity contribution in [1.82, 2.24) is 0 Å². The van der Waals surface area contributed by atoms with Crippen LogP contribution >= 0.6 is 0 Å². The molecular weight excluding hydrogens is 224 g/mol. The molecule has 0 bridgehead atoms. The third kappa shape index (κ3) is 2.64. The molecule has 17 heavy (non-hydrogen) atoms. The summed E-state index contributed by atoms with van der Waals surface area (Å²) in [4.78, 5) is 0. The van der Waals surface area contributed by atoms with Gasteiger partial charge in [0.2, 0.25) is 0 Å². The van der Waals surface area contributed by atoms with Crippen molar-refractivity contribution in [3.05, 3.63) is 35.4 Å². The summed E-state index contributed by atoms with van der Waals surface area (Å²) in [5, 5.41) is 0. The second-order valence-electron chi connectivity index (χ2n) is 4.85. The van der Waals surface area contributed by atoms with E-state index < -0.39 is 17.2 Å². The molecule has 1 aromatic carbocycles. The van der Waals surface area contributed by atoms with Crippen molar-refractivity contribution < 1.29 is 13.5 Å². The Morgan fingerprint density at radius 2 is 1.94 bits per heavy atom. The maximum absolute atomic E-state index is 13.2.